The maximum Gasteiger partial charge on any atom is 0.332 e. The fourth-order valence-corrected chi connectivity index (χ4v) is 2.81. The molecule has 0 spiro atoms. The fraction of sp³-hybridized carbons (Fsp3) is 0.846. The summed E-state index contributed by atoms with van der Waals surface area (Å²) in [5.41, 5.74) is -0.102. The summed E-state index contributed by atoms with van der Waals surface area (Å²) in [6.07, 6.45) is 0.292. The number of aliphatic carboxylic acids is 1. The summed E-state index contributed by atoms with van der Waals surface area (Å²) in [5, 5.41) is 11.8. The summed E-state index contributed by atoms with van der Waals surface area (Å²) >= 11 is 0. The first-order chi connectivity index (χ1) is 8.86. The van der Waals surface area contributed by atoms with Crippen molar-refractivity contribution in [1.29, 1.82) is 0 Å². The number of carboxylic acid groups (broad SMARTS) is 1. The minimum atomic E-state index is -1.00. The average molecular weight is 271 g/mol. The van der Waals surface area contributed by atoms with Gasteiger partial charge in [0, 0.05) is 18.6 Å². The molecule has 1 aliphatic heterocycles. The molecule has 1 heterocycles. The van der Waals surface area contributed by atoms with Gasteiger partial charge in [-0.15, -0.1) is 0 Å². The second-order valence-electron chi connectivity index (χ2n) is 5.87. The highest BCUT2D eigenvalue weighted by Gasteiger charge is 2.50. The molecule has 4 atom stereocenters. The second kappa shape index (κ2) is 5.09. The van der Waals surface area contributed by atoms with E-state index < -0.39 is 18.2 Å². The molecule has 2 fully saturated rings. The number of hydrogen-bond donors (Lipinski definition) is 2. The first-order valence-electron chi connectivity index (χ1n) is 6.57. The van der Waals surface area contributed by atoms with Crippen molar-refractivity contribution >= 4 is 11.9 Å². The Bertz CT molecular complexity index is 381. The van der Waals surface area contributed by atoms with Crippen LogP contribution in [-0.4, -0.2) is 48.4 Å². The quantitative estimate of drug-likeness (QED) is 0.780. The zero-order valence-electron chi connectivity index (χ0n) is 11.5. The Morgan fingerprint density at radius 2 is 1.95 bits per heavy atom. The molecule has 0 aromatic heterocycles. The zero-order chi connectivity index (χ0) is 14.2. The Hall–Kier alpha value is -1.14. The summed E-state index contributed by atoms with van der Waals surface area (Å²) in [7, 11) is 1.67. The third-order valence-electron chi connectivity index (χ3n) is 4.37. The number of ether oxygens (including phenoxy) is 2. The van der Waals surface area contributed by atoms with Crippen molar-refractivity contribution in [3.05, 3.63) is 0 Å². The molecule has 0 aromatic carbocycles. The van der Waals surface area contributed by atoms with Gasteiger partial charge in [0.05, 0.1) is 6.10 Å². The van der Waals surface area contributed by atoms with Gasteiger partial charge in [0.15, 0.2) is 6.10 Å². The van der Waals surface area contributed by atoms with Crippen LogP contribution in [0.5, 0.6) is 0 Å². The molecule has 2 N–H and O–H groups in total. The van der Waals surface area contributed by atoms with E-state index in [4.69, 9.17) is 14.6 Å². The van der Waals surface area contributed by atoms with Gasteiger partial charge in [0.2, 0.25) is 5.91 Å². The first kappa shape index (κ1) is 14.3. The van der Waals surface area contributed by atoms with E-state index in [2.05, 4.69) is 5.32 Å². The molecule has 108 valence electrons. The number of nitrogens with one attached hydrogen (secondary N) is 1. The topological polar surface area (TPSA) is 84.9 Å². The third kappa shape index (κ3) is 2.60. The Kier molecular flexibility index (Phi) is 3.82. The van der Waals surface area contributed by atoms with Gasteiger partial charge in [0.25, 0.3) is 0 Å². The van der Waals surface area contributed by atoms with Gasteiger partial charge in [-0.1, -0.05) is 13.8 Å². The number of rotatable bonds is 4. The maximum atomic E-state index is 12.0. The molecule has 2 unspecified atom stereocenters. The molecule has 0 radical (unpaired) electrons. The van der Waals surface area contributed by atoms with E-state index in [1.54, 1.807) is 7.11 Å². The SMILES string of the molecule is COC1CC(NC(=O)[C@@H]2CC[C@H](C(=O)O)O2)C1(C)C. The van der Waals surface area contributed by atoms with Crippen LogP contribution < -0.4 is 5.32 Å². The lowest BCUT2D eigenvalue weighted by Crippen LogP contribution is -2.62. The van der Waals surface area contributed by atoms with Gasteiger partial charge in [-0.3, -0.25) is 4.79 Å². The number of carbonyl (C=O) groups excluding carboxylic acids is 1. The van der Waals surface area contributed by atoms with Crippen LogP contribution in [0, 0.1) is 5.41 Å². The van der Waals surface area contributed by atoms with Crippen molar-refractivity contribution in [1.82, 2.24) is 5.32 Å². The van der Waals surface area contributed by atoms with Crippen LogP contribution >= 0.6 is 0 Å². The molecule has 0 bridgehead atoms. The van der Waals surface area contributed by atoms with Gasteiger partial charge in [-0.2, -0.15) is 0 Å². The molecule has 2 aliphatic rings. The van der Waals surface area contributed by atoms with Crippen LogP contribution in [0.4, 0.5) is 0 Å². The predicted octanol–water partition coefficient (Wildman–Crippen LogP) is 0.548. The molecular formula is C13H21NO5. The lowest BCUT2D eigenvalue weighted by atomic mass is 9.64. The van der Waals surface area contributed by atoms with Gasteiger partial charge in [-0.25, -0.2) is 4.79 Å². The van der Waals surface area contributed by atoms with Crippen molar-refractivity contribution in [3.63, 3.8) is 0 Å². The van der Waals surface area contributed by atoms with Crippen molar-refractivity contribution < 1.29 is 24.2 Å². The molecule has 19 heavy (non-hydrogen) atoms. The Balaban J connectivity index is 1.85. The largest absolute Gasteiger partial charge is 0.479 e. The Labute approximate surface area is 112 Å². The van der Waals surface area contributed by atoms with Crippen LogP contribution in [0.15, 0.2) is 0 Å². The van der Waals surface area contributed by atoms with E-state index in [9.17, 15) is 9.59 Å². The van der Waals surface area contributed by atoms with Gasteiger partial charge < -0.3 is 19.9 Å². The third-order valence-corrected chi connectivity index (χ3v) is 4.37. The summed E-state index contributed by atoms with van der Waals surface area (Å²) in [4.78, 5) is 22.8. The molecule has 6 nitrogen and oxygen atoms in total. The second-order valence-corrected chi connectivity index (χ2v) is 5.87. The first-order valence-corrected chi connectivity index (χ1v) is 6.57. The summed E-state index contributed by atoms with van der Waals surface area (Å²) < 4.78 is 10.6. The lowest BCUT2D eigenvalue weighted by molar-refractivity contribution is -0.153. The van der Waals surface area contributed by atoms with Crippen LogP contribution in [0.2, 0.25) is 0 Å². The molecular weight excluding hydrogens is 250 g/mol. The number of carboxylic acids is 1. The maximum absolute atomic E-state index is 12.0. The molecule has 0 aromatic rings. The van der Waals surface area contributed by atoms with E-state index >= 15 is 0 Å². The molecule has 1 saturated heterocycles. The van der Waals surface area contributed by atoms with Crippen LogP contribution in [0.25, 0.3) is 0 Å². The van der Waals surface area contributed by atoms with Crippen molar-refractivity contribution in [2.75, 3.05) is 7.11 Å². The zero-order valence-corrected chi connectivity index (χ0v) is 11.5. The summed E-state index contributed by atoms with van der Waals surface area (Å²) in [5.74, 6) is -1.21. The Morgan fingerprint density at radius 1 is 1.32 bits per heavy atom. The normalized spacial score (nSPS) is 36.6. The van der Waals surface area contributed by atoms with Gasteiger partial charge in [-0.05, 0) is 19.3 Å². The average Bonchev–Trinajstić information content (AvgIpc) is 2.83. The van der Waals surface area contributed by atoms with E-state index in [0.717, 1.165) is 6.42 Å². The van der Waals surface area contributed by atoms with Gasteiger partial charge >= 0.3 is 5.97 Å². The summed E-state index contributed by atoms with van der Waals surface area (Å²) in [6.45, 7) is 4.09. The smallest absolute Gasteiger partial charge is 0.332 e. The molecule has 1 amide bonds. The Morgan fingerprint density at radius 3 is 2.42 bits per heavy atom. The molecule has 1 saturated carbocycles. The number of methoxy groups -OCH3 is 1. The van der Waals surface area contributed by atoms with Gasteiger partial charge in [0.1, 0.15) is 6.10 Å². The minimum absolute atomic E-state index is 0.0532. The molecule has 1 aliphatic carbocycles. The fourth-order valence-electron chi connectivity index (χ4n) is 2.81. The monoisotopic (exact) mass is 271 g/mol. The highest BCUT2D eigenvalue weighted by Crippen LogP contribution is 2.42. The van der Waals surface area contributed by atoms with Crippen molar-refractivity contribution in [3.8, 4) is 0 Å². The highest BCUT2D eigenvalue weighted by molar-refractivity contribution is 5.83. The van der Waals surface area contributed by atoms with E-state index in [-0.39, 0.29) is 23.5 Å². The van der Waals surface area contributed by atoms with Crippen LogP contribution in [-0.2, 0) is 19.1 Å². The number of carbonyl (C=O) groups is 2. The minimum Gasteiger partial charge on any atom is -0.479 e. The number of hydrogen-bond acceptors (Lipinski definition) is 4. The lowest BCUT2D eigenvalue weighted by Gasteiger charge is -2.51. The highest BCUT2D eigenvalue weighted by atomic mass is 16.5. The molecule has 6 heteroatoms. The van der Waals surface area contributed by atoms with Crippen molar-refractivity contribution in [2.24, 2.45) is 5.41 Å². The van der Waals surface area contributed by atoms with Crippen molar-refractivity contribution in [2.45, 2.75) is 57.5 Å². The van der Waals surface area contributed by atoms with Crippen LogP contribution in [0.1, 0.15) is 33.1 Å². The van der Waals surface area contributed by atoms with E-state index in [1.165, 1.54) is 0 Å². The summed E-state index contributed by atoms with van der Waals surface area (Å²) in [6, 6.07) is 0.0532. The predicted molar refractivity (Wildman–Crippen MR) is 66.7 cm³/mol. The van der Waals surface area contributed by atoms with E-state index in [1.807, 2.05) is 13.8 Å². The van der Waals surface area contributed by atoms with E-state index in [0.29, 0.717) is 12.8 Å². The van der Waals surface area contributed by atoms with Crippen LogP contribution in [0.3, 0.4) is 0 Å². The molecule has 2 rings (SSSR count). The standard InChI is InChI=1S/C13H21NO5/c1-13(2)9(6-10(13)18-3)14-11(15)7-4-5-8(19-7)12(16)17/h7-10H,4-6H2,1-3H3,(H,14,15)(H,16,17)/t7-,8+,9?,10?/m0/s1. The number of amides is 1.